The van der Waals surface area contributed by atoms with Gasteiger partial charge in [0.25, 0.3) is 5.56 Å². The van der Waals surface area contributed by atoms with Gasteiger partial charge in [-0.1, -0.05) is 0 Å². The van der Waals surface area contributed by atoms with Crippen LogP contribution in [0.3, 0.4) is 0 Å². The summed E-state index contributed by atoms with van der Waals surface area (Å²) >= 11 is 0. The van der Waals surface area contributed by atoms with E-state index in [1.54, 1.807) is 11.8 Å². The zero-order valence-corrected chi connectivity index (χ0v) is 16.2. The van der Waals surface area contributed by atoms with Crippen LogP contribution in [0, 0.1) is 0 Å². The number of likely N-dealkylation sites (tertiary alicyclic amines) is 1. The maximum absolute atomic E-state index is 13.1. The van der Waals surface area contributed by atoms with E-state index < -0.39 is 0 Å². The molecule has 10 heteroatoms. The molecule has 2 aromatic heterocycles. The molecule has 10 nitrogen and oxygen atoms in total. The molecule has 152 valence electrons. The summed E-state index contributed by atoms with van der Waals surface area (Å²) in [6.07, 6.45) is 2.24. The predicted molar refractivity (Wildman–Crippen MR) is 102 cm³/mol. The largest absolute Gasteiger partial charge is 0.454 e. The van der Waals surface area contributed by atoms with Crippen molar-refractivity contribution in [2.24, 2.45) is 0 Å². The third kappa shape index (κ3) is 3.23. The van der Waals surface area contributed by atoms with Gasteiger partial charge in [0.1, 0.15) is 0 Å². The number of ether oxygens (including phenoxy) is 3. The van der Waals surface area contributed by atoms with E-state index in [-0.39, 0.29) is 18.4 Å². The van der Waals surface area contributed by atoms with Gasteiger partial charge in [0.2, 0.25) is 12.6 Å². The average molecular weight is 399 g/mol. The lowest BCUT2D eigenvalue weighted by molar-refractivity contribution is -0.914. The molecule has 29 heavy (non-hydrogen) atoms. The molecular weight excluding hydrogens is 376 g/mol. The lowest BCUT2D eigenvalue weighted by atomic mass is 10.0. The van der Waals surface area contributed by atoms with Crippen LogP contribution >= 0.6 is 0 Å². The molecule has 3 aromatic rings. The summed E-state index contributed by atoms with van der Waals surface area (Å²) in [4.78, 5) is 17.4. The van der Waals surface area contributed by atoms with Crippen molar-refractivity contribution in [1.29, 1.82) is 0 Å². The van der Waals surface area contributed by atoms with E-state index in [4.69, 9.17) is 14.2 Å². The van der Waals surface area contributed by atoms with Crippen LogP contribution in [0.15, 0.2) is 23.0 Å². The number of hydrogen-bond donors (Lipinski definition) is 2. The minimum atomic E-state index is -0.247. The second-order valence-corrected chi connectivity index (χ2v) is 7.40. The number of aromatic amines is 1. The van der Waals surface area contributed by atoms with Crippen LogP contribution < -0.4 is 19.9 Å². The average Bonchev–Trinajstić information content (AvgIpc) is 3.48. The summed E-state index contributed by atoms with van der Waals surface area (Å²) in [6, 6.07) is 5.40. The maximum atomic E-state index is 13.1. The molecule has 1 aromatic carbocycles. The van der Waals surface area contributed by atoms with Gasteiger partial charge in [-0.3, -0.25) is 4.79 Å². The van der Waals surface area contributed by atoms with Gasteiger partial charge in [-0.25, -0.2) is 4.68 Å². The summed E-state index contributed by atoms with van der Waals surface area (Å²) < 4.78 is 17.9. The van der Waals surface area contributed by atoms with E-state index in [9.17, 15) is 4.79 Å². The third-order valence-electron chi connectivity index (χ3n) is 5.66. The number of nitrogens with one attached hydrogen (secondary N) is 2. The summed E-state index contributed by atoms with van der Waals surface area (Å²) in [5.74, 6) is 2.01. The van der Waals surface area contributed by atoms with Gasteiger partial charge in [-0.15, -0.1) is 5.10 Å². The number of quaternary nitrogens is 1. The number of nitrogens with zero attached hydrogens (tertiary/aromatic N) is 4. The smallest absolute Gasteiger partial charge is 0.258 e. The molecular formula is C19H23N6O4+. The van der Waals surface area contributed by atoms with Crippen LogP contribution in [-0.2, 0) is 11.3 Å². The Morgan fingerprint density at radius 2 is 2.03 bits per heavy atom. The topological polar surface area (TPSA) is 109 Å². The molecule has 5 rings (SSSR count). The Morgan fingerprint density at radius 1 is 1.24 bits per heavy atom. The standard InChI is InChI=1S/C19H22N6O4/c1-27-7-6-25-18(21-22-23-25)17(24-4-2-3-5-24)13-8-12-9-15-16(29-11-28-15)10-14(12)20-19(13)26/h8-10,17H,2-7,11H2,1H3,(H,20,26)/p+1/t17-/m0/s1. The van der Waals surface area contributed by atoms with Gasteiger partial charge < -0.3 is 24.1 Å². The van der Waals surface area contributed by atoms with Crippen molar-refractivity contribution < 1.29 is 19.1 Å². The zero-order valence-electron chi connectivity index (χ0n) is 16.2. The highest BCUT2D eigenvalue weighted by Gasteiger charge is 2.35. The molecule has 2 N–H and O–H groups in total. The molecule has 0 bridgehead atoms. The number of aromatic nitrogens is 5. The Bertz CT molecular complexity index is 1090. The molecule has 0 unspecified atom stereocenters. The number of rotatable bonds is 6. The summed E-state index contributed by atoms with van der Waals surface area (Å²) in [7, 11) is 1.64. The van der Waals surface area contributed by atoms with Crippen molar-refractivity contribution in [3.05, 3.63) is 39.9 Å². The summed E-state index contributed by atoms with van der Waals surface area (Å²) in [5, 5.41) is 13.2. The zero-order chi connectivity index (χ0) is 19.8. The minimum absolute atomic E-state index is 0.137. The van der Waals surface area contributed by atoms with E-state index >= 15 is 0 Å². The SMILES string of the molecule is COCCn1nnnc1[C@H](c1cc2cc3c(cc2[nH]c1=O)OCO3)[NH+]1CCCC1. The molecule has 2 aliphatic heterocycles. The number of benzene rings is 1. The van der Waals surface area contributed by atoms with E-state index in [2.05, 4.69) is 20.5 Å². The van der Waals surface area contributed by atoms with Crippen LogP contribution in [0.25, 0.3) is 10.9 Å². The Balaban J connectivity index is 1.63. The minimum Gasteiger partial charge on any atom is -0.454 e. The van der Waals surface area contributed by atoms with E-state index in [1.165, 1.54) is 4.90 Å². The number of H-pyrrole nitrogens is 1. The number of methoxy groups -OCH3 is 1. The molecule has 1 atom stereocenters. The fraction of sp³-hybridized carbons (Fsp3) is 0.474. The first-order valence-electron chi connectivity index (χ1n) is 9.81. The highest BCUT2D eigenvalue weighted by Crippen LogP contribution is 2.35. The van der Waals surface area contributed by atoms with Crippen molar-refractivity contribution in [1.82, 2.24) is 25.2 Å². The van der Waals surface area contributed by atoms with Gasteiger partial charge in [0.15, 0.2) is 17.5 Å². The first kappa shape index (κ1) is 18.1. The van der Waals surface area contributed by atoms with Crippen molar-refractivity contribution in [2.75, 3.05) is 33.6 Å². The quantitative estimate of drug-likeness (QED) is 0.584. The second kappa shape index (κ2) is 7.45. The summed E-state index contributed by atoms with van der Waals surface area (Å²) in [5.41, 5.74) is 1.24. The Kier molecular flexibility index (Phi) is 4.64. The molecule has 1 saturated heterocycles. The Morgan fingerprint density at radius 3 is 2.83 bits per heavy atom. The molecule has 0 amide bonds. The first-order chi connectivity index (χ1) is 14.2. The molecule has 0 saturated carbocycles. The molecule has 0 spiro atoms. The number of hydrogen-bond acceptors (Lipinski definition) is 7. The van der Waals surface area contributed by atoms with Gasteiger partial charge in [-0.2, -0.15) is 0 Å². The van der Waals surface area contributed by atoms with E-state index in [0.717, 1.165) is 36.8 Å². The second-order valence-electron chi connectivity index (χ2n) is 7.40. The lowest BCUT2D eigenvalue weighted by Gasteiger charge is -2.23. The number of pyridine rings is 1. The van der Waals surface area contributed by atoms with Crippen LogP contribution in [0.5, 0.6) is 11.5 Å². The monoisotopic (exact) mass is 399 g/mol. The van der Waals surface area contributed by atoms with Crippen molar-refractivity contribution in [2.45, 2.75) is 25.4 Å². The van der Waals surface area contributed by atoms with Crippen LogP contribution in [0.4, 0.5) is 0 Å². The Labute approximate surface area is 166 Å². The highest BCUT2D eigenvalue weighted by atomic mass is 16.7. The van der Waals surface area contributed by atoms with Gasteiger partial charge in [0.05, 0.1) is 37.3 Å². The van der Waals surface area contributed by atoms with Crippen LogP contribution in [-0.4, -0.2) is 58.8 Å². The fourth-order valence-corrected chi connectivity index (χ4v) is 4.24. The van der Waals surface area contributed by atoms with Crippen molar-refractivity contribution >= 4 is 10.9 Å². The Hall–Kier alpha value is -2.98. The van der Waals surface area contributed by atoms with Crippen LogP contribution in [0.2, 0.25) is 0 Å². The highest BCUT2D eigenvalue weighted by molar-refractivity contribution is 5.83. The fourth-order valence-electron chi connectivity index (χ4n) is 4.24. The van der Waals surface area contributed by atoms with E-state index in [0.29, 0.717) is 36.0 Å². The molecule has 2 aliphatic rings. The number of fused-ring (bicyclic) bond motifs is 2. The van der Waals surface area contributed by atoms with Crippen molar-refractivity contribution in [3.63, 3.8) is 0 Å². The molecule has 0 radical (unpaired) electrons. The molecule has 1 fully saturated rings. The maximum Gasteiger partial charge on any atom is 0.258 e. The third-order valence-corrected chi connectivity index (χ3v) is 5.66. The van der Waals surface area contributed by atoms with E-state index in [1.807, 2.05) is 18.2 Å². The van der Waals surface area contributed by atoms with Gasteiger partial charge >= 0.3 is 0 Å². The van der Waals surface area contributed by atoms with Crippen molar-refractivity contribution in [3.8, 4) is 11.5 Å². The molecule has 4 heterocycles. The summed E-state index contributed by atoms with van der Waals surface area (Å²) in [6.45, 7) is 3.17. The number of tetrazole rings is 1. The predicted octanol–water partition coefficient (Wildman–Crippen LogP) is -0.342. The van der Waals surface area contributed by atoms with Gasteiger partial charge in [0, 0.05) is 31.4 Å². The normalized spacial score (nSPS) is 17.3. The van der Waals surface area contributed by atoms with Crippen LogP contribution in [0.1, 0.15) is 30.3 Å². The van der Waals surface area contributed by atoms with Gasteiger partial charge in [-0.05, 0) is 22.6 Å². The molecule has 0 aliphatic carbocycles. The lowest BCUT2D eigenvalue weighted by Crippen LogP contribution is -3.10. The first-order valence-corrected chi connectivity index (χ1v) is 9.81.